The van der Waals surface area contributed by atoms with Crippen molar-refractivity contribution in [2.24, 2.45) is 0 Å². The average Bonchev–Trinajstić information content (AvgIpc) is 3.40. The predicted molar refractivity (Wildman–Crippen MR) is 171 cm³/mol. The molecule has 0 atom stereocenters. The predicted octanol–water partition coefficient (Wildman–Crippen LogP) is 3.96. The molecule has 3 aromatic heterocycles. The lowest BCUT2D eigenvalue weighted by Gasteiger charge is -2.36. The van der Waals surface area contributed by atoms with Gasteiger partial charge in [0.25, 0.3) is 0 Å². The van der Waals surface area contributed by atoms with E-state index in [-0.39, 0.29) is 5.75 Å². The van der Waals surface area contributed by atoms with Crippen molar-refractivity contribution in [1.82, 2.24) is 24.5 Å². The molecule has 4 heterocycles. The van der Waals surface area contributed by atoms with E-state index in [9.17, 15) is 8.42 Å². The Kier molecular flexibility index (Phi) is 7.87. The second-order valence-corrected chi connectivity index (χ2v) is 12.9. The van der Waals surface area contributed by atoms with E-state index in [0.717, 1.165) is 71.3 Å². The summed E-state index contributed by atoms with van der Waals surface area (Å²) in [5, 5.41) is 8.22. The first-order valence-corrected chi connectivity index (χ1v) is 16.1. The Morgan fingerprint density at radius 1 is 1.00 bits per heavy atom. The lowest BCUT2D eigenvalue weighted by Crippen LogP contribution is -2.47. The highest BCUT2D eigenvalue weighted by molar-refractivity contribution is 7.90. The van der Waals surface area contributed by atoms with Gasteiger partial charge in [0.2, 0.25) is 5.95 Å². The fraction of sp³-hybridized carbons (Fsp3) is 0.258. The van der Waals surface area contributed by atoms with Gasteiger partial charge in [0, 0.05) is 68.3 Å². The van der Waals surface area contributed by atoms with Crippen molar-refractivity contribution in [3.05, 3.63) is 79.1 Å². The Hall–Kier alpha value is -4.68. The van der Waals surface area contributed by atoms with Crippen LogP contribution in [0.2, 0.25) is 0 Å². The smallest absolute Gasteiger partial charge is 0.227 e. The van der Waals surface area contributed by atoms with Gasteiger partial charge in [0.05, 0.1) is 35.3 Å². The van der Waals surface area contributed by atoms with Crippen molar-refractivity contribution in [2.45, 2.75) is 0 Å². The minimum atomic E-state index is -2.99. The third-order valence-electron chi connectivity index (χ3n) is 7.54. The maximum atomic E-state index is 11.6. The summed E-state index contributed by atoms with van der Waals surface area (Å²) in [4.78, 5) is 13.8. The quantitative estimate of drug-likeness (QED) is 0.240. The molecule has 3 N–H and O–H groups in total. The van der Waals surface area contributed by atoms with Gasteiger partial charge in [-0.1, -0.05) is 18.2 Å². The van der Waals surface area contributed by atoms with Crippen LogP contribution in [0.25, 0.3) is 28.0 Å². The van der Waals surface area contributed by atoms with Crippen molar-refractivity contribution in [3.8, 4) is 28.3 Å². The molecule has 0 amide bonds. The summed E-state index contributed by atoms with van der Waals surface area (Å²) in [7, 11) is -1.33. The first-order chi connectivity index (χ1) is 20.8. The minimum absolute atomic E-state index is 0.172. The van der Waals surface area contributed by atoms with Crippen LogP contribution in [-0.4, -0.2) is 84.7 Å². The molecule has 2 aromatic carbocycles. The Morgan fingerprint density at radius 3 is 2.60 bits per heavy atom. The van der Waals surface area contributed by atoms with E-state index in [1.54, 1.807) is 13.3 Å². The zero-order chi connectivity index (χ0) is 30.0. The van der Waals surface area contributed by atoms with Crippen LogP contribution >= 0.6 is 0 Å². The van der Waals surface area contributed by atoms with E-state index in [0.29, 0.717) is 18.2 Å². The number of piperazine rings is 1. The van der Waals surface area contributed by atoms with E-state index in [2.05, 4.69) is 20.1 Å². The summed E-state index contributed by atoms with van der Waals surface area (Å²) in [6.07, 6.45) is 4.93. The largest absolute Gasteiger partial charge is 0.495 e. The number of sulfone groups is 1. The topological polar surface area (TPSA) is 131 Å². The van der Waals surface area contributed by atoms with Crippen molar-refractivity contribution in [2.75, 3.05) is 67.8 Å². The van der Waals surface area contributed by atoms with Crippen LogP contribution in [0.1, 0.15) is 0 Å². The molecule has 222 valence electrons. The Labute approximate surface area is 250 Å². The van der Waals surface area contributed by atoms with Gasteiger partial charge in [-0.2, -0.15) is 5.10 Å². The molecular weight excluding hydrogens is 564 g/mol. The van der Waals surface area contributed by atoms with Crippen LogP contribution in [0.3, 0.4) is 0 Å². The van der Waals surface area contributed by atoms with E-state index in [1.165, 1.54) is 6.26 Å². The molecule has 1 aliphatic heterocycles. The number of nitrogen functional groups attached to an aromatic ring is 1. The SMILES string of the molecule is COc1ccc(Nc2nccc(-c3c(-c4cccc(N)c4)nn4ccccc34)n2)cc1N1CCN(CCS(C)(=O)=O)CC1. The highest BCUT2D eigenvalue weighted by atomic mass is 32.2. The van der Waals surface area contributed by atoms with Gasteiger partial charge in [-0.25, -0.2) is 22.9 Å². The zero-order valence-corrected chi connectivity index (χ0v) is 25.0. The first-order valence-electron chi connectivity index (χ1n) is 14.0. The van der Waals surface area contributed by atoms with Crippen LogP contribution < -0.4 is 20.7 Å². The van der Waals surface area contributed by atoms with Gasteiger partial charge in [0.1, 0.15) is 21.3 Å². The van der Waals surface area contributed by atoms with E-state index in [1.807, 2.05) is 77.4 Å². The van der Waals surface area contributed by atoms with Crippen molar-refractivity contribution in [1.29, 1.82) is 0 Å². The normalized spacial score (nSPS) is 14.2. The Morgan fingerprint density at radius 2 is 1.84 bits per heavy atom. The maximum Gasteiger partial charge on any atom is 0.227 e. The number of aromatic nitrogens is 4. The molecule has 0 unspecified atom stereocenters. The number of ether oxygens (including phenoxy) is 1. The molecule has 1 saturated heterocycles. The molecule has 5 aromatic rings. The molecule has 12 heteroatoms. The van der Waals surface area contributed by atoms with E-state index >= 15 is 0 Å². The molecule has 0 radical (unpaired) electrons. The lowest BCUT2D eigenvalue weighted by molar-refractivity contribution is 0.271. The number of rotatable bonds is 9. The number of nitrogens with one attached hydrogen (secondary N) is 1. The second kappa shape index (κ2) is 11.9. The van der Waals surface area contributed by atoms with Gasteiger partial charge < -0.3 is 20.7 Å². The van der Waals surface area contributed by atoms with Crippen molar-refractivity contribution in [3.63, 3.8) is 0 Å². The van der Waals surface area contributed by atoms with Gasteiger partial charge in [-0.05, 0) is 48.5 Å². The number of methoxy groups -OCH3 is 1. The fourth-order valence-electron chi connectivity index (χ4n) is 5.35. The minimum Gasteiger partial charge on any atom is -0.495 e. The van der Waals surface area contributed by atoms with Crippen LogP contribution in [0.5, 0.6) is 5.75 Å². The highest BCUT2D eigenvalue weighted by Crippen LogP contribution is 2.36. The number of anilines is 4. The highest BCUT2D eigenvalue weighted by Gasteiger charge is 2.22. The molecule has 43 heavy (non-hydrogen) atoms. The summed E-state index contributed by atoms with van der Waals surface area (Å²) in [5.74, 6) is 1.39. The summed E-state index contributed by atoms with van der Waals surface area (Å²) >= 11 is 0. The monoisotopic (exact) mass is 598 g/mol. The Balaban J connectivity index is 1.27. The number of fused-ring (bicyclic) bond motifs is 1. The number of benzene rings is 2. The lowest BCUT2D eigenvalue weighted by atomic mass is 10.0. The molecule has 11 nitrogen and oxygen atoms in total. The molecule has 0 aliphatic carbocycles. The van der Waals surface area contributed by atoms with E-state index < -0.39 is 9.84 Å². The standard InChI is InChI=1S/C31H34N8O3S/c1-42-28-10-9-24(21-27(28)38-16-14-37(15-17-38)18-19-43(2,40)41)34-31-33-12-11-25(35-31)29-26-8-3-4-13-39(26)36-30(29)22-6-5-7-23(32)20-22/h3-13,20-21H,14-19,32H2,1-2H3,(H,33,34,35). The summed E-state index contributed by atoms with van der Waals surface area (Å²) in [6, 6.07) is 21.4. The average molecular weight is 599 g/mol. The van der Waals surface area contributed by atoms with Crippen molar-refractivity contribution >= 4 is 38.4 Å². The van der Waals surface area contributed by atoms with Gasteiger partial charge >= 0.3 is 0 Å². The maximum absolute atomic E-state index is 11.6. The number of hydrogen-bond donors (Lipinski definition) is 2. The van der Waals surface area contributed by atoms with E-state index in [4.69, 9.17) is 20.6 Å². The Bertz CT molecular complexity index is 1870. The van der Waals surface area contributed by atoms with Gasteiger partial charge in [-0.15, -0.1) is 0 Å². The van der Waals surface area contributed by atoms with Crippen LogP contribution in [-0.2, 0) is 9.84 Å². The number of pyridine rings is 1. The van der Waals surface area contributed by atoms with Gasteiger partial charge in [0.15, 0.2) is 0 Å². The number of hydrogen-bond acceptors (Lipinski definition) is 10. The molecular formula is C31H34N8O3S. The first kappa shape index (κ1) is 28.4. The molecule has 0 bridgehead atoms. The summed E-state index contributed by atoms with van der Waals surface area (Å²) in [6.45, 7) is 3.62. The van der Waals surface area contributed by atoms with Crippen LogP contribution in [0.4, 0.5) is 23.0 Å². The second-order valence-electron chi connectivity index (χ2n) is 10.6. The van der Waals surface area contributed by atoms with Crippen LogP contribution in [0.15, 0.2) is 79.1 Å². The summed E-state index contributed by atoms with van der Waals surface area (Å²) < 4.78 is 30.7. The van der Waals surface area contributed by atoms with Crippen molar-refractivity contribution < 1.29 is 13.2 Å². The zero-order valence-electron chi connectivity index (χ0n) is 24.1. The van der Waals surface area contributed by atoms with Gasteiger partial charge in [-0.3, -0.25) is 4.90 Å². The van der Waals surface area contributed by atoms with Crippen LogP contribution in [0, 0.1) is 0 Å². The number of nitrogens with zero attached hydrogens (tertiary/aromatic N) is 6. The molecule has 6 rings (SSSR count). The molecule has 0 saturated carbocycles. The summed E-state index contributed by atoms with van der Waals surface area (Å²) in [5.41, 5.74) is 12.8. The molecule has 1 aliphatic rings. The fourth-order valence-corrected chi connectivity index (χ4v) is 5.94. The molecule has 0 spiro atoms. The third-order valence-corrected chi connectivity index (χ3v) is 8.46. The molecule has 1 fully saturated rings. The number of nitrogens with two attached hydrogens (primary N) is 1. The third kappa shape index (κ3) is 6.40.